The Morgan fingerprint density at radius 3 is 2.56 bits per heavy atom. The predicted octanol–water partition coefficient (Wildman–Crippen LogP) is 3.53. The van der Waals surface area contributed by atoms with E-state index in [0.29, 0.717) is 24.7 Å². The summed E-state index contributed by atoms with van der Waals surface area (Å²) < 4.78 is 38.6. The highest BCUT2D eigenvalue weighted by atomic mass is 32.2. The number of thioether (sulfide) groups is 1. The molecular formula is C18H21NO4S2. The number of nitrogens with zero attached hydrogens (tertiary/aromatic N) is 1. The van der Waals surface area contributed by atoms with Crippen LogP contribution in [-0.2, 0) is 10.0 Å². The second-order valence-electron chi connectivity index (χ2n) is 5.49. The van der Waals surface area contributed by atoms with Crippen molar-refractivity contribution in [2.75, 3.05) is 26.0 Å². The maximum absolute atomic E-state index is 13.1. The van der Waals surface area contributed by atoms with Crippen LogP contribution in [0.1, 0.15) is 17.9 Å². The van der Waals surface area contributed by atoms with Crippen LogP contribution in [-0.4, -0.2) is 38.7 Å². The van der Waals surface area contributed by atoms with Gasteiger partial charge in [0, 0.05) is 17.9 Å². The van der Waals surface area contributed by atoms with Crippen molar-refractivity contribution in [3.8, 4) is 11.5 Å². The Morgan fingerprint density at radius 2 is 1.88 bits per heavy atom. The molecule has 1 unspecified atom stereocenters. The normalized spacial score (nSPS) is 18.2. The van der Waals surface area contributed by atoms with E-state index in [0.717, 1.165) is 11.3 Å². The molecule has 7 heteroatoms. The maximum atomic E-state index is 13.1. The standard InChI is InChI=1S/C18H21NO4S2/c1-3-23-14-8-10-15(11-9-14)25(20,21)19-12-13-24-18(19)16-6-4-5-7-17(16)22-2/h4-11,18H,3,12-13H2,1-2H3. The van der Waals surface area contributed by atoms with E-state index in [4.69, 9.17) is 9.47 Å². The van der Waals surface area contributed by atoms with Crippen LogP contribution in [0.4, 0.5) is 0 Å². The first-order chi connectivity index (χ1) is 12.1. The minimum Gasteiger partial charge on any atom is -0.496 e. The zero-order chi connectivity index (χ0) is 17.9. The minimum atomic E-state index is -3.59. The van der Waals surface area contributed by atoms with Crippen LogP contribution in [0.3, 0.4) is 0 Å². The molecule has 0 radical (unpaired) electrons. The van der Waals surface area contributed by atoms with E-state index in [1.165, 1.54) is 0 Å². The zero-order valence-electron chi connectivity index (χ0n) is 14.2. The highest BCUT2D eigenvalue weighted by molar-refractivity contribution is 8.01. The van der Waals surface area contributed by atoms with Crippen LogP contribution in [0.5, 0.6) is 11.5 Å². The minimum absolute atomic E-state index is 0.276. The van der Waals surface area contributed by atoms with Crippen molar-refractivity contribution in [1.82, 2.24) is 4.31 Å². The van der Waals surface area contributed by atoms with Crippen molar-refractivity contribution in [2.24, 2.45) is 0 Å². The highest BCUT2D eigenvalue weighted by Gasteiger charge is 2.38. The van der Waals surface area contributed by atoms with E-state index < -0.39 is 10.0 Å². The average Bonchev–Trinajstić information content (AvgIpc) is 3.13. The Labute approximate surface area is 153 Å². The first kappa shape index (κ1) is 18.1. The monoisotopic (exact) mass is 379 g/mol. The lowest BCUT2D eigenvalue weighted by atomic mass is 10.2. The second kappa shape index (κ2) is 7.68. The highest BCUT2D eigenvalue weighted by Crippen LogP contribution is 2.44. The first-order valence-electron chi connectivity index (χ1n) is 8.07. The quantitative estimate of drug-likeness (QED) is 0.768. The molecule has 2 aromatic rings. The summed E-state index contributed by atoms with van der Waals surface area (Å²) in [5.41, 5.74) is 0.877. The van der Waals surface area contributed by atoms with Gasteiger partial charge in [0.05, 0.1) is 24.0 Å². The van der Waals surface area contributed by atoms with Crippen LogP contribution >= 0.6 is 11.8 Å². The van der Waals surface area contributed by atoms with Gasteiger partial charge >= 0.3 is 0 Å². The summed E-state index contributed by atoms with van der Waals surface area (Å²) in [4.78, 5) is 0.276. The molecular weight excluding hydrogens is 358 g/mol. The number of benzene rings is 2. The lowest BCUT2D eigenvalue weighted by Crippen LogP contribution is -2.30. The molecule has 2 aromatic carbocycles. The van der Waals surface area contributed by atoms with Gasteiger partial charge in [0.15, 0.2) is 0 Å². The Balaban J connectivity index is 1.93. The van der Waals surface area contributed by atoms with Crippen LogP contribution in [0.15, 0.2) is 53.4 Å². The number of hydrogen-bond acceptors (Lipinski definition) is 5. The zero-order valence-corrected chi connectivity index (χ0v) is 15.8. The molecule has 1 fully saturated rings. The molecule has 1 atom stereocenters. The molecule has 25 heavy (non-hydrogen) atoms. The van der Waals surface area contributed by atoms with E-state index in [1.54, 1.807) is 47.4 Å². The summed E-state index contributed by atoms with van der Waals surface area (Å²) in [6, 6.07) is 14.1. The van der Waals surface area contributed by atoms with Crippen LogP contribution in [0, 0.1) is 0 Å². The number of para-hydroxylation sites is 1. The smallest absolute Gasteiger partial charge is 0.244 e. The van der Waals surface area contributed by atoms with Gasteiger partial charge in [-0.25, -0.2) is 8.42 Å². The lowest BCUT2D eigenvalue weighted by molar-refractivity contribution is 0.340. The molecule has 134 valence electrons. The summed E-state index contributed by atoms with van der Waals surface area (Å²) in [5.74, 6) is 2.12. The van der Waals surface area contributed by atoms with E-state index in [9.17, 15) is 8.42 Å². The van der Waals surface area contributed by atoms with E-state index in [1.807, 2.05) is 31.2 Å². The van der Waals surface area contributed by atoms with Crippen LogP contribution in [0.25, 0.3) is 0 Å². The molecule has 0 N–H and O–H groups in total. The Morgan fingerprint density at radius 1 is 1.16 bits per heavy atom. The molecule has 5 nitrogen and oxygen atoms in total. The fraction of sp³-hybridized carbons (Fsp3) is 0.333. The third-order valence-corrected chi connectivity index (χ3v) is 7.25. The average molecular weight is 380 g/mol. The maximum Gasteiger partial charge on any atom is 0.244 e. The Bertz CT molecular complexity index is 821. The Hall–Kier alpha value is -1.70. The molecule has 3 rings (SSSR count). The third-order valence-electron chi connectivity index (χ3n) is 4.00. The van der Waals surface area contributed by atoms with Gasteiger partial charge < -0.3 is 9.47 Å². The van der Waals surface area contributed by atoms with Crippen LogP contribution in [0.2, 0.25) is 0 Å². The molecule has 1 aliphatic rings. The summed E-state index contributed by atoms with van der Waals surface area (Å²) in [6.07, 6.45) is 0. The van der Waals surface area contributed by atoms with Gasteiger partial charge in [0.25, 0.3) is 0 Å². The van der Waals surface area contributed by atoms with Gasteiger partial charge in [-0.2, -0.15) is 4.31 Å². The predicted molar refractivity (Wildman–Crippen MR) is 99.7 cm³/mol. The van der Waals surface area contributed by atoms with Gasteiger partial charge in [-0.05, 0) is 37.3 Å². The van der Waals surface area contributed by atoms with Gasteiger partial charge in [-0.15, -0.1) is 11.8 Å². The summed E-state index contributed by atoms with van der Waals surface area (Å²) >= 11 is 1.61. The molecule has 0 aromatic heterocycles. The van der Waals surface area contributed by atoms with E-state index in [2.05, 4.69) is 0 Å². The number of rotatable bonds is 6. The van der Waals surface area contributed by atoms with E-state index in [-0.39, 0.29) is 10.3 Å². The molecule has 0 spiro atoms. The SMILES string of the molecule is CCOc1ccc(S(=O)(=O)N2CCSC2c2ccccc2OC)cc1. The Kier molecular flexibility index (Phi) is 5.56. The number of ether oxygens (including phenoxy) is 2. The second-order valence-corrected chi connectivity index (χ2v) is 8.56. The summed E-state index contributed by atoms with van der Waals surface area (Å²) in [7, 11) is -1.99. The molecule has 1 saturated heterocycles. The van der Waals surface area contributed by atoms with Crippen molar-refractivity contribution >= 4 is 21.8 Å². The molecule has 0 amide bonds. The topological polar surface area (TPSA) is 55.8 Å². The van der Waals surface area contributed by atoms with Crippen molar-refractivity contribution < 1.29 is 17.9 Å². The fourth-order valence-corrected chi connectivity index (χ4v) is 6.08. The molecule has 0 saturated carbocycles. The van der Waals surface area contributed by atoms with Gasteiger partial charge in [-0.3, -0.25) is 0 Å². The lowest BCUT2D eigenvalue weighted by Gasteiger charge is -2.24. The largest absolute Gasteiger partial charge is 0.496 e. The molecule has 1 heterocycles. The number of methoxy groups -OCH3 is 1. The third kappa shape index (κ3) is 3.63. The number of sulfonamides is 1. The van der Waals surface area contributed by atoms with Gasteiger partial charge in [-0.1, -0.05) is 18.2 Å². The fourth-order valence-electron chi connectivity index (χ4n) is 2.83. The van der Waals surface area contributed by atoms with Gasteiger partial charge in [0.2, 0.25) is 10.0 Å². The molecule has 0 aliphatic carbocycles. The molecule has 0 bridgehead atoms. The van der Waals surface area contributed by atoms with Crippen LogP contribution < -0.4 is 9.47 Å². The van der Waals surface area contributed by atoms with Crippen molar-refractivity contribution in [3.63, 3.8) is 0 Å². The number of hydrogen-bond donors (Lipinski definition) is 0. The summed E-state index contributed by atoms with van der Waals surface area (Å²) in [6.45, 7) is 2.91. The van der Waals surface area contributed by atoms with Crippen molar-refractivity contribution in [2.45, 2.75) is 17.2 Å². The molecule has 1 aliphatic heterocycles. The van der Waals surface area contributed by atoms with Crippen molar-refractivity contribution in [3.05, 3.63) is 54.1 Å². The summed E-state index contributed by atoms with van der Waals surface area (Å²) in [5, 5.41) is -0.285. The van der Waals surface area contributed by atoms with E-state index >= 15 is 0 Å². The van der Waals surface area contributed by atoms with Crippen molar-refractivity contribution in [1.29, 1.82) is 0 Å². The first-order valence-corrected chi connectivity index (χ1v) is 10.6. The van der Waals surface area contributed by atoms with Gasteiger partial charge in [0.1, 0.15) is 11.5 Å².